The number of carboxylic acid groups (broad SMARTS) is 1. The van der Waals surface area contributed by atoms with Crippen molar-refractivity contribution < 1.29 is 23.1 Å². The third-order valence-corrected chi connectivity index (χ3v) is 2.82. The zero-order valence-corrected chi connectivity index (χ0v) is 9.98. The van der Waals surface area contributed by atoms with Gasteiger partial charge < -0.3 is 9.67 Å². The van der Waals surface area contributed by atoms with Crippen LogP contribution in [0.2, 0.25) is 0 Å². The quantitative estimate of drug-likeness (QED) is 0.933. The lowest BCUT2D eigenvalue weighted by atomic mass is 10.2. The molecular formula is C12H11F3N2O2. The van der Waals surface area contributed by atoms with Crippen molar-refractivity contribution in [3.63, 3.8) is 0 Å². The first-order valence-corrected chi connectivity index (χ1v) is 5.54. The van der Waals surface area contributed by atoms with Crippen molar-refractivity contribution in [2.45, 2.75) is 25.6 Å². The lowest BCUT2D eigenvalue weighted by Gasteiger charge is -2.16. The Morgan fingerprint density at radius 3 is 2.74 bits per heavy atom. The predicted molar refractivity (Wildman–Crippen MR) is 62.1 cm³/mol. The van der Waals surface area contributed by atoms with E-state index in [1.165, 1.54) is 36.0 Å². The second-order valence-electron chi connectivity index (χ2n) is 4.33. The molecule has 1 heterocycles. The Morgan fingerprint density at radius 1 is 1.47 bits per heavy atom. The highest BCUT2D eigenvalue weighted by Gasteiger charge is 2.31. The van der Waals surface area contributed by atoms with Crippen LogP contribution < -0.4 is 0 Å². The highest BCUT2D eigenvalue weighted by Crippen LogP contribution is 2.29. The summed E-state index contributed by atoms with van der Waals surface area (Å²) in [7, 11) is 0. The van der Waals surface area contributed by atoms with E-state index in [1.807, 2.05) is 0 Å². The number of halogens is 3. The molecule has 0 spiro atoms. The maximum Gasteiger partial charge on any atom is 0.391 e. The van der Waals surface area contributed by atoms with Gasteiger partial charge in [-0.3, -0.25) is 0 Å². The van der Waals surface area contributed by atoms with Crippen LogP contribution in [0, 0.1) is 0 Å². The van der Waals surface area contributed by atoms with E-state index in [2.05, 4.69) is 4.98 Å². The van der Waals surface area contributed by atoms with E-state index in [0.717, 1.165) is 0 Å². The molecule has 1 atom stereocenters. The first-order valence-electron chi connectivity index (χ1n) is 5.54. The number of hydrogen-bond acceptors (Lipinski definition) is 2. The number of aromatic carboxylic acids is 1. The Morgan fingerprint density at radius 2 is 2.16 bits per heavy atom. The highest BCUT2D eigenvalue weighted by molar-refractivity contribution is 5.92. The first kappa shape index (κ1) is 13.4. The zero-order chi connectivity index (χ0) is 14.2. The molecule has 19 heavy (non-hydrogen) atoms. The van der Waals surface area contributed by atoms with Gasteiger partial charge in [-0.15, -0.1) is 0 Å². The summed E-state index contributed by atoms with van der Waals surface area (Å²) in [6.45, 7) is 1.44. The summed E-state index contributed by atoms with van der Waals surface area (Å²) in [5.41, 5.74) is 0.914. The van der Waals surface area contributed by atoms with Gasteiger partial charge in [-0.25, -0.2) is 9.78 Å². The number of benzene rings is 1. The molecule has 4 nitrogen and oxygen atoms in total. The molecule has 0 aliphatic carbocycles. The fourth-order valence-corrected chi connectivity index (χ4v) is 1.95. The van der Waals surface area contributed by atoms with Crippen molar-refractivity contribution in [3.8, 4) is 0 Å². The summed E-state index contributed by atoms with van der Waals surface area (Å²) in [6, 6.07) is 3.37. The molecule has 0 aliphatic heterocycles. The molecule has 0 saturated carbocycles. The number of nitrogens with zero attached hydrogens (tertiary/aromatic N) is 2. The van der Waals surface area contributed by atoms with Gasteiger partial charge in [0.15, 0.2) is 0 Å². The molecule has 2 rings (SSSR count). The van der Waals surface area contributed by atoms with Crippen LogP contribution in [0.15, 0.2) is 24.5 Å². The van der Waals surface area contributed by atoms with Crippen molar-refractivity contribution in [1.29, 1.82) is 0 Å². The number of aromatic nitrogens is 2. The summed E-state index contributed by atoms with van der Waals surface area (Å²) in [6.07, 6.45) is -3.91. The van der Waals surface area contributed by atoms with Crippen molar-refractivity contribution in [2.24, 2.45) is 0 Å². The number of hydrogen-bond donors (Lipinski definition) is 1. The van der Waals surface area contributed by atoms with Crippen LogP contribution in [-0.4, -0.2) is 26.8 Å². The molecule has 0 saturated heterocycles. The fourth-order valence-electron chi connectivity index (χ4n) is 1.95. The van der Waals surface area contributed by atoms with Crippen LogP contribution in [0.5, 0.6) is 0 Å². The minimum absolute atomic E-state index is 0.0567. The van der Waals surface area contributed by atoms with E-state index in [9.17, 15) is 18.0 Å². The fraction of sp³-hybridized carbons (Fsp3) is 0.333. The molecule has 102 valence electrons. The Kier molecular flexibility index (Phi) is 3.21. The minimum atomic E-state index is -4.25. The van der Waals surface area contributed by atoms with E-state index in [4.69, 9.17) is 5.11 Å². The number of carbonyl (C=O) groups is 1. The average molecular weight is 272 g/mol. The second-order valence-corrected chi connectivity index (χ2v) is 4.33. The maximum absolute atomic E-state index is 12.4. The molecule has 1 unspecified atom stereocenters. The number of rotatable bonds is 3. The Balaban J connectivity index is 2.38. The monoisotopic (exact) mass is 272 g/mol. The largest absolute Gasteiger partial charge is 0.478 e. The van der Waals surface area contributed by atoms with Crippen molar-refractivity contribution >= 4 is 17.0 Å². The first-order chi connectivity index (χ1) is 8.78. The number of imidazole rings is 1. The minimum Gasteiger partial charge on any atom is -0.478 e. The molecule has 2 aromatic rings. The molecule has 0 aliphatic rings. The molecular weight excluding hydrogens is 261 g/mol. The lowest BCUT2D eigenvalue weighted by molar-refractivity contribution is -0.141. The zero-order valence-electron chi connectivity index (χ0n) is 9.98. The Bertz CT molecular complexity index is 619. The van der Waals surface area contributed by atoms with Gasteiger partial charge in [-0.05, 0) is 25.1 Å². The summed E-state index contributed by atoms with van der Waals surface area (Å²) >= 11 is 0. The molecule has 0 amide bonds. The summed E-state index contributed by atoms with van der Waals surface area (Å²) < 4.78 is 38.5. The molecule has 1 N–H and O–H groups in total. The lowest BCUT2D eigenvalue weighted by Crippen LogP contribution is -2.16. The summed E-state index contributed by atoms with van der Waals surface area (Å²) in [5, 5.41) is 8.83. The van der Waals surface area contributed by atoms with Crippen molar-refractivity contribution in [2.75, 3.05) is 0 Å². The molecule has 0 bridgehead atoms. The van der Waals surface area contributed by atoms with E-state index < -0.39 is 24.6 Å². The average Bonchev–Trinajstić information content (AvgIpc) is 2.68. The van der Waals surface area contributed by atoms with Gasteiger partial charge >= 0.3 is 12.1 Å². The van der Waals surface area contributed by atoms with E-state index in [0.29, 0.717) is 11.0 Å². The predicted octanol–water partition coefficient (Wildman–Crippen LogP) is 3.25. The summed E-state index contributed by atoms with van der Waals surface area (Å²) in [5.74, 6) is -1.10. The van der Waals surface area contributed by atoms with E-state index >= 15 is 0 Å². The number of alkyl halides is 3. The van der Waals surface area contributed by atoms with Gasteiger partial charge in [0.1, 0.15) is 0 Å². The van der Waals surface area contributed by atoms with Gasteiger partial charge in [0.05, 0.1) is 29.3 Å². The summed E-state index contributed by atoms with van der Waals surface area (Å²) in [4.78, 5) is 14.7. The van der Waals surface area contributed by atoms with Gasteiger partial charge in [0.25, 0.3) is 0 Å². The van der Waals surface area contributed by atoms with Crippen molar-refractivity contribution in [1.82, 2.24) is 9.55 Å². The van der Waals surface area contributed by atoms with Crippen LogP contribution in [-0.2, 0) is 0 Å². The van der Waals surface area contributed by atoms with E-state index in [-0.39, 0.29) is 5.56 Å². The number of fused-ring (bicyclic) bond motifs is 1. The molecule has 1 aromatic carbocycles. The van der Waals surface area contributed by atoms with Gasteiger partial charge in [0, 0.05) is 6.04 Å². The molecule has 1 aromatic heterocycles. The number of carboxylic acids is 1. The molecule has 7 heteroatoms. The maximum atomic E-state index is 12.4. The third-order valence-electron chi connectivity index (χ3n) is 2.82. The highest BCUT2D eigenvalue weighted by atomic mass is 19.4. The van der Waals surface area contributed by atoms with Gasteiger partial charge in [-0.2, -0.15) is 13.2 Å². The van der Waals surface area contributed by atoms with E-state index in [1.54, 1.807) is 0 Å². The van der Waals surface area contributed by atoms with Crippen LogP contribution >= 0.6 is 0 Å². The SMILES string of the molecule is CC(CC(F)(F)F)n1cnc2cc(C(=O)O)ccc21. The second kappa shape index (κ2) is 4.56. The van der Waals surface area contributed by atoms with Crippen molar-refractivity contribution in [3.05, 3.63) is 30.1 Å². The topological polar surface area (TPSA) is 55.1 Å². The van der Waals surface area contributed by atoms with Crippen LogP contribution in [0.1, 0.15) is 29.7 Å². The van der Waals surface area contributed by atoms with Crippen LogP contribution in [0.25, 0.3) is 11.0 Å². The Labute approximate surface area is 106 Å². The third kappa shape index (κ3) is 2.86. The van der Waals surface area contributed by atoms with Crippen LogP contribution in [0.3, 0.4) is 0 Å². The standard InChI is InChI=1S/C12H11F3N2O2/c1-7(5-12(13,14)15)17-6-16-9-4-8(11(18)19)2-3-10(9)17/h2-4,6-7H,5H2,1H3,(H,18,19). The normalized spacial score (nSPS) is 13.7. The Hall–Kier alpha value is -2.05. The van der Waals surface area contributed by atoms with Gasteiger partial charge in [0.2, 0.25) is 0 Å². The smallest absolute Gasteiger partial charge is 0.391 e. The van der Waals surface area contributed by atoms with Gasteiger partial charge in [-0.1, -0.05) is 0 Å². The molecule has 0 fully saturated rings. The molecule has 0 radical (unpaired) electrons. The van der Waals surface area contributed by atoms with Crippen LogP contribution in [0.4, 0.5) is 13.2 Å².